The molecule has 0 aliphatic heterocycles. The van der Waals surface area contributed by atoms with Gasteiger partial charge in [-0.3, -0.25) is 0 Å². The number of aromatic nitrogens is 3. The van der Waals surface area contributed by atoms with Gasteiger partial charge in [0.25, 0.3) is 0 Å². The molecule has 2 heterocycles. The van der Waals surface area contributed by atoms with Crippen molar-refractivity contribution in [1.82, 2.24) is 15.0 Å². The molecular formula is C58H37N3O. The Bertz CT molecular complexity index is 3320. The average Bonchev–Trinajstić information content (AvgIpc) is 3.88. The van der Waals surface area contributed by atoms with Gasteiger partial charge in [-0.25, -0.2) is 15.0 Å². The van der Waals surface area contributed by atoms with Crippen LogP contribution in [0.3, 0.4) is 0 Å². The lowest BCUT2D eigenvalue weighted by molar-refractivity contribution is 0.665. The topological polar surface area (TPSA) is 51.8 Å². The predicted molar refractivity (Wildman–Crippen MR) is 252 cm³/mol. The molecule has 9 aromatic carbocycles. The van der Waals surface area contributed by atoms with Crippen molar-refractivity contribution in [2.45, 2.75) is 5.41 Å². The fourth-order valence-corrected chi connectivity index (χ4v) is 9.55. The monoisotopic (exact) mass is 791 g/mol. The summed E-state index contributed by atoms with van der Waals surface area (Å²) in [5, 5.41) is 2.23. The molecule has 62 heavy (non-hydrogen) atoms. The molecule has 0 unspecified atom stereocenters. The molecule has 0 saturated carbocycles. The quantitative estimate of drug-likeness (QED) is 0.161. The second-order valence-corrected chi connectivity index (χ2v) is 15.9. The van der Waals surface area contributed by atoms with Crippen molar-refractivity contribution >= 4 is 21.9 Å². The standard InChI is InChI=1S/C58H37N3O/c1-3-15-38(16-4-1)41-19-13-21-43(35-41)56-59-55(60-57(61-56)44-22-14-20-42(36-44)39-17-5-2-6-18-39)40-29-31-45(32-30-40)58(51-26-10-7-23-47(51)48-24-8-11-27-52(48)58)46-33-34-50-49-25-9-12-28-53(49)62-54(50)37-46/h1-37H. The molecule has 0 bridgehead atoms. The van der Waals surface area contributed by atoms with E-state index in [-0.39, 0.29) is 0 Å². The number of rotatable bonds is 7. The fourth-order valence-electron chi connectivity index (χ4n) is 9.55. The zero-order valence-corrected chi connectivity index (χ0v) is 33.6. The van der Waals surface area contributed by atoms with Gasteiger partial charge >= 0.3 is 0 Å². The molecule has 0 amide bonds. The highest BCUT2D eigenvalue weighted by Crippen LogP contribution is 2.56. The molecule has 290 valence electrons. The van der Waals surface area contributed by atoms with Gasteiger partial charge < -0.3 is 4.42 Å². The molecule has 0 atom stereocenters. The summed E-state index contributed by atoms with van der Waals surface area (Å²) in [6.45, 7) is 0. The van der Waals surface area contributed by atoms with E-state index in [0.717, 1.165) is 72.0 Å². The Hall–Kier alpha value is -8.21. The maximum atomic E-state index is 6.52. The molecule has 0 spiro atoms. The molecule has 12 rings (SSSR count). The van der Waals surface area contributed by atoms with Crippen molar-refractivity contribution < 1.29 is 4.42 Å². The van der Waals surface area contributed by atoms with Crippen LogP contribution < -0.4 is 0 Å². The number of fused-ring (bicyclic) bond motifs is 6. The lowest BCUT2D eigenvalue weighted by Crippen LogP contribution is -2.28. The van der Waals surface area contributed by atoms with Crippen molar-refractivity contribution in [1.29, 1.82) is 0 Å². The minimum atomic E-state index is -0.607. The Morgan fingerprint density at radius 3 is 1.34 bits per heavy atom. The molecule has 11 aromatic rings. The van der Waals surface area contributed by atoms with Crippen LogP contribution in [0.25, 0.3) is 89.5 Å². The summed E-state index contributed by atoms with van der Waals surface area (Å²) >= 11 is 0. The Morgan fingerprint density at radius 1 is 0.290 bits per heavy atom. The number of hydrogen-bond donors (Lipinski definition) is 0. The third-order valence-corrected chi connectivity index (χ3v) is 12.4. The van der Waals surface area contributed by atoms with Crippen LogP contribution in [0.2, 0.25) is 0 Å². The van der Waals surface area contributed by atoms with Gasteiger partial charge in [0.2, 0.25) is 0 Å². The third-order valence-electron chi connectivity index (χ3n) is 12.4. The average molecular weight is 792 g/mol. The van der Waals surface area contributed by atoms with E-state index < -0.39 is 5.41 Å². The van der Waals surface area contributed by atoms with Gasteiger partial charge in [0.05, 0.1) is 5.41 Å². The van der Waals surface area contributed by atoms with Crippen LogP contribution >= 0.6 is 0 Å². The lowest BCUT2D eigenvalue weighted by atomic mass is 9.67. The van der Waals surface area contributed by atoms with Gasteiger partial charge in [0.15, 0.2) is 17.5 Å². The van der Waals surface area contributed by atoms with E-state index in [2.05, 4.69) is 200 Å². The molecule has 0 N–H and O–H groups in total. The molecule has 4 heteroatoms. The normalized spacial score (nSPS) is 12.6. The third kappa shape index (κ3) is 5.80. The van der Waals surface area contributed by atoms with Crippen LogP contribution in [0.5, 0.6) is 0 Å². The first kappa shape index (κ1) is 35.7. The van der Waals surface area contributed by atoms with Gasteiger partial charge in [-0.1, -0.05) is 200 Å². The molecule has 1 aliphatic rings. The second kappa shape index (κ2) is 14.5. The summed E-state index contributed by atoms with van der Waals surface area (Å²) in [7, 11) is 0. The molecule has 1 aliphatic carbocycles. The Labute approximate surface area is 359 Å². The molecular weight excluding hydrogens is 755 g/mol. The van der Waals surface area contributed by atoms with Gasteiger partial charge in [-0.15, -0.1) is 0 Å². The number of benzene rings is 9. The zero-order valence-electron chi connectivity index (χ0n) is 33.6. The number of para-hydroxylation sites is 1. The summed E-state index contributed by atoms with van der Waals surface area (Å²) in [5.74, 6) is 1.84. The highest BCUT2D eigenvalue weighted by Gasteiger charge is 2.46. The summed E-state index contributed by atoms with van der Waals surface area (Å²) in [6.07, 6.45) is 0. The van der Waals surface area contributed by atoms with Gasteiger partial charge in [-0.2, -0.15) is 0 Å². The predicted octanol–water partition coefficient (Wildman–Crippen LogP) is 14.5. The maximum Gasteiger partial charge on any atom is 0.164 e. The number of nitrogens with zero attached hydrogens (tertiary/aromatic N) is 3. The van der Waals surface area contributed by atoms with E-state index in [0.29, 0.717) is 17.5 Å². The molecule has 0 radical (unpaired) electrons. The van der Waals surface area contributed by atoms with Crippen molar-refractivity contribution in [2.24, 2.45) is 0 Å². The van der Waals surface area contributed by atoms with E-state index in [9.17, 15) is 0 Å². The van der Waals surface area contributed by atoms with Crippen molar-refractivity contribution in [3.05, 3.63) is 247 Å². The molecule has 0 saturated heterocycles. The first-order chi connectivity index (χ1) is 30.7. The molecule has 4 nitrogen and oxygen atoms in total. The van der Waals surface area contributed by atoms with Crippen LogP contribution in [0, 0.1) is 0 Å². The molecule has 0 fully saturated rings. The van der Waals surface area contributed by atoms with E-state index in [1.165, 1.54) is 22.3 Å². The SMILES string of the molecule is c1ccc(-c2cccc(-c3nc(-c4ccc(C5(c6ccc7c(c6)oc6ccccc67)c6ccccc6-c6ccccc65)cc4)nc(-c4cccc(-c5ccccc5)c4)n3)c2)cc1. The lowest BCUT2D eigenvalue weighted by Gasteiger charge is -2.34. The molecule has 2 aromatic heterocycles. The summed E-state index contributed by atoms with van der Waals surface area (Å²) in [6, 6.07) is 79.3. The van der Waals surface area contributed by atoms with Crippen LogP contribution in [0.4, 0.5) is 0 Å². The minimum absolute atomic E-state index is 0.607. The first-order valence-electron chi connectivity index (χ1n) is 21.0. The van der Waals surface area contributed by atoms with E-state index >= 15 is 0 Å². The van der Waals surface area contributed by atoms with Crippen LogP contribution in [-0.4, -0.2) is 15.0 Å². The zero-order chi connectivity index (χ0) is 41.0. The summed E-state index contributed by atoms with van der Waals surface area (Å²) < 4.78 is 6.52. The fraction of sp³-hybridized carbons (Fsp3) is 0.0172. The van der Waals surface area contributed by atoms with Gasteiger partial charge in [0, 0.05) is 27.5 Å². The number of furan rings is 1. The minimum Gasteiger partial charge on any atom is -0.456 e. The van der Waals surface area contributed by atoms with Crippen LogP contribution in [0.15, 0.2) is 229 Å². The largest absolute Gasteiger partial charge is 0.456 e. The van der Waals surface area contributed by atoms with Crippen molar-refractivity contribution in [3.63, 3.8) is 0 Å². The van der Waals surface area contributed by atoms with Crippen molar-refractivity contribution in [2.75, 3.05) is 0 Å². The Morgan fingerprint density at radius 2 is 0.742 bits per heavy atom. The highest BCUT2D eigenvalue weighted by molar-refractivity contribution is 6.05. The van der Waals surface area contributed by atoms with Gasteiger partial charge in [0.1, 0.15) is 11.2 Å². The Kier molecular flexibility index (Phi) is 8.36. The maximum absolute atomic E-state index is 6.52. The van der Waals surface area contributed by atoms with Gasteiger partial charge in [-0.05, 0) is 79.9 Å². The smallest absolute Gasteiger partial charge is 0.164 e. The van der Waals surface area contributed by atoms with Crippen molar-refractivity contribution in [3.8, 4) is 67.5 Å². The highest BCUT2D eigenvalue weighted by atomic mass is 16.3. The van der Waals surface area contributed by atoms with E-state index in [1.54, 1.807) is 0 Å². The van der Waals surface area contributed by atoms with Crippen LogP contribution in [-0.2, 0) is 5.41 Å². The van der Waals surface area contributed by atoms with E-state index in [1.807, 2.05) is 24.3 Å². The first-order valence-corrected chi connectivity index (χ1v) is 21.0. The number of hydrogen-bond acceptors (Lipinski definition) is 4. The van der Waals surface area contributed by atoms with E-state index in [4.69, 9.17) is 19.4 Å². The summed E-state index contributed by atoms with van der Waals surface area (Å²) in [5.41, 5.74) is 15.6. The van der Waals surface area contributed by atoms with Crippen LogP contribution in [0.1, 0.15) is 22.3 Å². The Balaban J connectivity index is 1.03. The second-order valence-electron chi connectivity index (χ2n) is 15.9. The summed E-state index contributed by atoms with van der Waals surface area (Å²) in [4.78, 5) is 15.6.